The van der Waals surface area contributed by atoms with Gasteiger partial charge in [0, 0.05) is 15.4 Å². The number of carbonyl (C=O) groups excluding carboxylic acids is 2. The molecule has 9 heteroatoms. The topological polar surface area (TPSA) is 97.4 Å². The molecule has 0 saturated heterocycles. The van der Waals surface area contributed by atoms with Crippen molar-refractivity contribution in [3.63, 3.8) is 0 Å². The maximum atomic E-state index is 12.7. The van der Waals surface area contributed by atoms with Gasteiger partial charge in [0.2, 0.25) is 5.78 Å². The van der Waals surface area contributed by atoms with Crippen LogP contribution in [0.4, 0.5) is 0 Å². The van der Waals surface area contributed by atoms with Crippen molar-refractivity contribution in [3.8, 4) is 0 Å². The van der Waals surface area contributed by atoms with Crippen molar-refractivity contribution in [1.82, 2.24) is 10.0 Å². The van der Waals surface area contributed by atoms with Crippen LogP contribution in [0, 0.1) is 6.92 Å². The van der Waals surface area contributed by atoms with Gasteiger partial charge in [-0.2, -0.15) is 0 Å². The molecular weight excluding hydrogens is 408 g/mol. The van der Waals surface area contributed by atoms with Crippen LogP contribution in [0.2, 0.25) is 5.02 Å². The number of hydrogen-bond acceptors (Lipinski definition) is 5. The highest BCUT2D eigenvalue weighted by atomic mass is 35.5. The van der Waals surface area contributed by atoms with Crippen molar-refractivity contribution in [2.75, 3.05) is 6.61 Å². The number of carbonyl (C=O) groups is 2. The van der Waals surface area contributed by atoms with Gasteiger partial charge >= 0.3 is 17.2 Å². The number of esters is 1. The Hall–Kier alpha value is -3.52. The number of nitrogens with zero attached hydrogens (tertiary/aromatic N) is 3. The second-order valence-electron chi connectivity index (χ2n) is 6.40. The molecule has 0 aliphatic carbocycles. The summed E-state index contributed by atoms with van der Waals surface area (Å²) in [4.78, 5) is 38.6. The molecule has 3 aromatic rings. The maximum absolute atomic E-state index is 12.7. The number of aryl methyl sites for hydroxylation is 1. The van der Waals surface area contributed by atoms with E-state index in [2.05, 4.69) is 10.3 Å². The summed E-state index contributed by atoms with van der Waals surface area (Å²) in [6.45, 7) is 3.34. The fraction of sp³-hybridized carbons (Fsp3) is 0.190. The van der Waals surface area contributed by atoms with Crippen molar-refractivity contribution >= 4 is 29.6 Å². The first kappa shape index (κ1) is 21.2. The molecule has 0 aliphatic heterocycles. The highest BCUT2D eigenvalue weighted by Gasteiger charge is 2.31. The van der Waals surface area contributed by atoms with E-state index in [0.29, 0.717) is 10.6 Å². The monoisotopic (exact) mass is 427 g/mol. The molecule has 0 atom stereocenters. The minimum atomic E-state index is -0.840. The van der Waals surface area contributed by atoms with Gasteiger partial charge < -0.3 is 4.74 Å². The summed E-state index contributed by atoms with van der Waals surface area (Å²) in [6, 6.07) is 13.8. The fourth-order valence-corrected chi connectivity index (χ4v) is 2.86. The zero-order valence-electron chi connectivity index (χ0n) is 16.5. The van der Waals surface area contributed by atoms with E-state index in [1.54, 1.807) is 31.2 Å². The molecule has 0 saturated carbocycles. The largest absolute Gasteiger partial charge is 0.459 e. The number of nitrogens with one attached hydrogen (secondary N) is 1. The Balaban J connectivity index is 1.97. The highest BCUT2D eigenvalue weighted by Crippen LogP contribution is 2.10. The molecule has 8 nitrogen and oxygen atoms in total. The molecule has 3 rings (SSSR count). The zero-order chi connectivity index (χ0) is 21.7. The molecule has 0 radical (unpaired) electrons. The van der Waals surface area contributed by atoms with E-state index < -0.39 is 11.5 Å². The third-order valence-electron chi connectivity index (χ3n) is 4.32. The molecule has 0 fully saturated rings. The van der Waals surface area contributed by atoms with Gasteiger partial charge in [0.25, 0.3) is 0 Å². The van der Waals surface area contributed by atoms with Crippen molar-refractivity contribution in [2.45, 2.75) is 20.4 Å². The molecule has 1 N–H and O–H groups in total. The number of ether oxygens (including phenoxy) is 1. The number of H-pyrrole nitrogens is 1. The normalized spacial score (nSPS) is 11.0. The van der Waals surface area contributed by atoms with Crippen LogP contribution in [0.25, 0.3) is 0 Å². The molecule has 0 unspecified atom stereocenters. The highest BCUT2D eigenvalue weighted by molar-refractivity contribution is 6.30. The predicted molar refractivity (Wildman–Crippen MR) is 111 cm³/mol. The van der Waals surface area contributed by atoms with Crippen LogP contribution in [0.5, 0.6) is 0 Å². The first-order chi connectivity index (χ1) is 14.4. The van der Waals surface area contributed by atoms with Gasteiger partial charge in [0.05, 0.1) is 12.8 Å². The van der Waals surface area contributed by atoms with Gasteiger partial charge in [-0.15, -0.1) is 4.68 Å². The Morgan fingerprint density at radius 3 is 2.57 bits per heavy atom. The van der Waals surface area contributed by atoms with E-state index in [0.717, 1.165) is 20.6 Å². The maximum Gasteiger partial charge on any atom is 0.434 e. The van der Waals surface area contributed by atoms with Crippen LogP contribution < -0.4 is 10.2 Å². The Bertz CT molecular complexity index is 1160. The first-order valence-corrected chi connectivity index (χ1v) is 9.59. The zero-order valence-corrected chi connectivity index (χ0v) is 17.2. The Labute approximate surface area is 177 Å². The smallest absolute Gasteiger partial charge is 0.434 e. The molecule has 154 valence electrons. The molecule has 0 bridgehead atoms. The minimum Gasteiger partial charge on any atom is -0.459 e. The van der Waals surface area contributed by atoms with E-state index in [1.807, 2.05) is 31.2 Å². The first-order valence-electron chi connectivity index (χ1n) is 9.21. The third kappa shape index (κ3) is 4.72. The predicted octanol–water partition coefficient (Wildman–Crippen LogP) is 2.37. The number of ketones is 1. The Morgan fingerprint density at radius 1 is 1.20 bits per heavy atom. The lowest BCUT2D eigenvalue weighted by atomic mass is 10.1. The lowest BCUT2D eigenvalue weighted by molar-refractivity contribution is -0.744. The summed E-state index contributed by atoms with van der Waals surface area (Å²) >= 11 is 5.85. The molecular formula is C21H20ClN4O4+. The van der Waals surface area contributed by atoms with Crippen molar-refractivity contribution in [1.29, 1.82) is 0 Å². The van der Waals surface area contributed by atoms with Crippen LogP contribution in [0.15, 0.2) is 58.4 Å². The van der Waals surface area contributed by atoms with Gasteiger partial charge in [-0.25, -0.2) is 9.59 Å². The summed E-state index contributed by atoms with van der Waals surface area (Å²) in [5.74, 6) is -1.16. The van der Waals surface area contributed by atoms with Crippen LogP contribution >= 0.6 is 11.6 Å². The van der Waals surface area contributed by atoms with Gasteiger partial charge in [-0.05, 0) is 49.2 Å². The van der Waals surface area contributed by atoms with Crippen LogP contribution in [0.1, 0.15) is 38.9 Å². The van der Waals surface area contributed by atoms with Gasteiger partial charge in [-0.1, -0.05) is 46.2 Å². The molecule has 2 aromatic carbocycles. The third-order valence-corrected chi connectivity index (χ3v) is 4.57. The van der Waals surface area contributed by atoms with Crippen LogP contribution in [-0.4, -0.2) is 34.6 Å². The van der Waals surface area contributed by atoms with Gasteiger partial charge in [-0.3, -0.25) is 4.79 Å². The number of aromatic amines is 1. The fourth-order valence-electron chi connectivity index (χ4n) is 2.74. The summed E-state index contributed by atoms with van der Waals surface area (Å²) in [7, 11) is 0. The summed E-state index contributed by atoms with van der Waals surface area (Å²) in [5.41, 5.74) is 1.12. The van der Waals surface area contributed by atoms with Gasteiger partial charge in [0.15, 0.2) is 6.54 Å². The molecule has 0 aliphatic rings. The molecule has 1 heterocycles. The summed E-state index contributed by atoms with van der Waals surface area (Å²) < 4.78 is 6.11. The lowest BCUT2D eigenvalue weighted by Gasteiger charge is -2.01. The molecule has 0 amide bonds. The SMILES string of the molecule is CCOC(=O)c1c(=O)n(/N=C/c2ccccc2C)[nH][n+]1CC(=O)c1ccc(Cl)cc1. The number of hydrogen-bond donors (Lipinski definition) is 1. The average Bonchev–Trinajstić information content (AvgIpc) is 3.03. The lowest BCUT2D eigenvalue weighted by Crippen LogP contribution is -2.46. The van der Waals surface area contributed by atoms with E-state index in [9.17, 15) is 14.4 Å². The quantitative estimate of drug-likeness (QED) is 0.271. The Morgan fingerprint density at radius 2 is 1.90 bits per heavy atom. The number of Topliss-reactive ketones (excluding diaryl/α,β-unsaturated/α-hetero) is 1. The standard InChI is InChI=1S/C21H19ClN4O4/c1-3-30-21(29)19-20(28)26(23-12-16-7-5-4-6-14(16)2)24-25(19)13-18(27)15-8-10-17(22)11-9-15/h4-12H,3,13H2,1-2H3/p+1/b23-12+. The van der Waals surface area contributed by atoms with Crippen molar-refractivity contribution < 1.29 is 19.0 Å². The van der Waals surface area contributed by atoms with Crippen molar-refractivity contribution in [2.24, 2.45) is 5.10 Å². The molecule has 30 heavy (non-hydrogen) atoms. The minimum absolute atomic E-state index is 0.0844. The number of halogens is 1. The Kier molecular flexibility index (Phi) is 6.58. The van der Waals surface area contributed by atoms with E-state index in [1.165, 1.54) is 6.21 Å². The van der Waals surface area contributed by atoms with E-state index >= 15 is 0 Å². The number of benzene rings is 2. The van der Waals surface area contributed by atoms with E-state index in [-0.39, 0.29) is 24.6 Å². The van der Waals surface area contributed by atoms with Crippen LogP contribution in [0.3, 0.4) is 0 Å². The van der Waals surface area contributed by atoms with Gasteiger partial charge in [0.1, 0.15) is 0 Å². The summed E-state index contributed by atoms with van der Waals surface area (Å²) in [5, 5.41) is 7.28. The van der Waals surface area contributed by atoms with Crippen molar-refractivity contribution in [3.05, 3.63) is 86.3 Å². The second-order valence-corrected chi connectivity index (χ2v) is 6.84. The number of rotatable bonds is 7. The van der Waals surface area contributed by atoms with Crippen LogP contribution in [-0.2, 0) is 11.3 Å². The molecule has 1 aromatic heterocycles. The number of aromatic nitrogens is 3. The van der Waals surface area contributed by atoms with E-state index in [4.69, 9.17) is 16.3 Å². The molecule has 0 spiro atoms. The summed E-state index contributed by atoms with van der Waals surface area (Å²) in [6.07, 6.45) is 1.49. The second kappa shape index (κ2) is 9.32. The average molecular weight is 428 g/mol.